The quantitative estimate of drug-likeness (QED) is 0.851. The number of nitrogens with zero attached hydrogens (tertiary/aromatic N) is 3. The molecule has 1 saturated heterocycles. The van der Waals surface area contributed by atoms with Crippen LogP contribution >= 0.6 is 0 Å². The van der Waals surface area contributed by atoms with Crippen LogP contribution in [-0.2, 0) is 11.3 Å². The second kappa shape index (κ2) is 5.86. The van der Waals surface area contributed by atoms with Gasteiger partial charge in [0.15, 0.2) is 0 Å². The zero-order chi connectivity index (χ0) is 13.8. The van der Waals surface area contributed by atoms with Crippen molar-refractivity contribution in [3.8, 4) is 0 Å². The Kier molecular flexibility index (Phi) is 4.19. The van der Waals surface area contributed by atoms with Gasteiger partial charge < -0.3 is 10.6 Å². The number of anilines is 1. The Bertz CT molecular complexity index is 504. The molecule has 0 spiro atoms. The van der Waals surface area contributed by atoms with E-state index < -0.39 is 5.91 Å². The van der Waals surface area contributed by atoms with E-state index in [9.17, 15) is 9.59 Å². The molecule has 1 aromatic rings. The van der Waals surface area contributed by atoms with Gasteiger partial charge in [-0.15, -0.1) is 0 Å². The van der Waals surface area contributed by atoms with E-state index in [1.165, 1.54) is 4.68 Å². The monoisotopic (exact) mass is 264 g/mol. The Morgan fingerprint density at radius 2 is 2.16 bits per heavy atom. The number of piperidine rings is 1. The van der Waals surface area contributed by atoms with Crippen LogP contribution in [-0.4, -0.2) is 28.8 Å². The highest BCUT2D eigenvalue weighted by Crippen LogP contribution is 2.20. The molecule has 1 aliphatic rings. The van der Waals surface area contributed by atoms with Crippen molar-refractivity contribution < 1.29 is 4.79 Å². The predicted octanol–water partition coefficient (Wildman–Crippen LogP) is 0.355. The summed E-state index contributed by atoms with van der Waals surface area (Å²) in [7, 11) is 0. The SMILES string of the molecule is CC1CCN(c2cnn(CCC(N)=O)c(=O)c2)CC1. The first kappa shape index (κ1) is 13.6. The largest absolute Gasteiger partial charge is 0.370 e. The highest BCUT2D eigenvalue weighted by Gasteiger charge is 2.16. The van der Waals surface area contributed by atoms with Crippen molar-refractivity contribution >= 4 is 11.6 Å². The molecule has 1 amide bonds. The van der Waals surface area contributed by atoms with Crippen LogP contribution in [0.2, 0.25) is 0 Å². The van der Waals surface area contributed by atoms with Gasteiger partial charge in [0.05, 0.1) is 18.4 Å². The van der Waals surface area contributed by atoms with E-state index in [-0.39, 0.29) is 18.5 Å². The molecule has 0 bridgehead atoms. The molecule has 0 unspecified atom stereocenters. The number of carbonyl (C=O) groups excluding carboxylic acids is 1. The Morgan fingerprint density at radius 1 is 1.47 bits per heavy atom. The van der Waals surface area contributed by atoms with Crippen molar-refractivity contribution in [3.63, 3.8) is 0 Å². The molecule has 2 N–H and O–H groups in total. The van der Waals surface area contributed by atoms with Crippen molar-refractivity contribution in [2.75, 3.05) is 18.0 Å². The molecule has 0 atom stereocenters. The number of carbonyl (C=O) groups is 1. The van der Waals surface area contributed by atoms with Gasteiger partial charge in [0.1, 0.15) is 0 Å². The fourth-order valence-electron chi connectivity index (χ4n) is 2.25. The number of hydrogen-bond donors (Lipinski definition) is 1. The van der Waals surface area contributed by atoms with Gasteiger partial charge in [0, 0.05) is 25.6 Å². The van der Waals surface area contributed by atoms with Crippen LogP contribution in [0, 0.1) is 5.92 Å². The average molecular weight is 264 g/mol. The number of nitrogens with two attached hydrogens (primary N) is 1. The Balaban J connectivity index is 2.06. The Labute approximate surface area is 112 Å². The maximum absolute atomic E-state index is 11.9. The van der Waals surface area contributed by atoms with Gasteiger partial charge in [0.2, 0.25) is 5.91 Å². The topological polar surface area (TPSA) is 81.2 Å². The first-order valence-electron chi connectivity index (χ1n) is 6.66. The molecule has 1 aromatic heterocycles. The van der Waals surface area contributed by atoms with Crippen LogP contribution in [0.3, 0.4) is 0 Å². The Hall–Kier alpha value is -1.85. The highest BCUT2D eigenvalue weighted by atomic mass is 16.1. The lowest BCUT2D eigenvalue weighted by atomic mass is 9.99. The fraction of sp³-hybridized carbons (Fsp3) is 0.615. The van der Waals surface area contributed by atoms with Crippen molar-refractivity contribution in [1.82, 2.24) is 9.78 Å². The molecule has 0 radical (unpaired) electrons. The average Bonchev–Trinajstić information content (AvgIpc) is 2.38. The third-order valence-electron chi connectivity index (χ3n) is 3.57. The predicted molar refractivity (Wildman–Crippen MR) is 72.9 cm³/mol. The number of primary amides is 1. The van der Waals surface area contributed by atoms with Gasteiger partial charge in [-0.25, -0.2) is 4.68 Å². The first-order valence-corrected chi connectivity index (χ1v) is 6.66. The minimum absolute atomic E-state index is 0.132. The second-order valence-corrected chi connectivity index (χ2v) is 5.16. The van der Waals surface area contributed by atoms with Crippen molar-refractivity contribution in [2.24, 2.45) is 11.7 Å². The summed E-state index contributed by atoms with van der Waals surface area (Å²) in [5.41, 5.74) is 5.74. The van der Waals surface area contributed by atoms with Gasteiger partial charge in [-0.1, -0.05) is 6.92 Å². The van der Waals surface area contributed by atoms with Gasteiger partial charge in [-0.05, 0) is 18.8 Å². The second-order valence-electron chi connectivity index (χ2n) is 5.16. The molecule has 2 heterocycles. The van der Waals surface area contributed by atoms with Crippen LogP contribution in [0.5, 0.6) is 0 Å². The molecular weight excluding hydrogens is 244 g/mol. The summed E-state index contributed by atoms with van der Waals surface area (Å²) in [6.45, 7) is 4.42. The van der Waals surface area contributed by atoms with Crippen LogP contribution in [0.25, 0.3) is 0 Å². The number of aryl methyl sites for hydroxylation is 1. The zero-order valence-corrected chi connectivity index (χ0v) is 11.2. The van der Waals surface area contributed by atoms with E-state index in [1.807, 2.05) is 0 Å². The van der Waals surface area contributed by atoms with Gasteiger partial charge >= 0.3 is 0 Å². The molecule has 104 valence electrons. The molecule has 0 saturated carbocycles. The van der Waals surface area contributed by atoms with Crippen molar-refractivity contribution in [1.29, 1.82) is 0 Å². The van der Waals surface area contributed by atoms with Crippen molar-refractivity contribution in [3.05, 3.63) is 22.6 Å². The summed E-state index contributed by atoms with van der Waals surface area (Å²) in [5.74, 6) is 0.322. The van der Waals surface area contributed by atoms with Gasteiger partial charge in [-0.3, -0.25) is 9.59 Å². The molecule has 0 aliphatic carbocycles. The van der Waals surface area contributed by atoms with Gasteiger partial charge in [0.25, 0.3) is 5.56 Å². The van der Waals surface area contributed by atoms with Crippen LogP contribution in [0.15, 0.2) is 17.1 Å². The normalized spacial score (nSPS) is 16.6. The number of hydrogen-bond acceptors (Lipinski definition) is 4. The maximum Gasteiger partial charge on any atom is 0.268 e. The first-order chi connectivity index (χ1) is 9.06. The summed E-state index contributed by atoms with van der Waals surface area (Å²) < 4.78 is 1.28. The fourth-order valence-corrected chi connectivity index (χ4v) is 2.25. The van der Waals surface area contributed by atoms with E-state index in [4.69, 9.17) is 5.73 Å². The lowest BCUT2D eigenvalue weighted by Gasteiger charge is -2.31. The molecular formula is C13H20N4O2. The van der Waals surface area contributed by atoms with Crippen LogP contribution in [0.1, 0.15) is 26.2 Å². The molecule has 6 heteroatoms. The van der Waals surface area contributed by atoms with E-state index in [1.54, 1.807) is 12.3 Å². The summed E-state index contributed by atoms with van der Waals surface area (Å²) in [5, 5.41) is 4.10. The summed E-state index contributed by atoms with van der Waals surface area (Å²) in [6, 6.07) is 1.59. The lowest BCUT2D eigenvalue weighted by molar-refractivity contribution is -0.118. The maximum atomic E-state index is 11.9. The zero-order valence-electron chi connectivity index (χ0n) is 11.2. The van der Waals surface area contributed by atoms with E-state index in [0.717, 1.165) is 37.5 Å². The van der Waals surface area contributed by atoms with E-state index in [2.05, 4.69) is 16.9 Å². The van der Waals surface area contributed by atoms with Gasteiger partial charge in [-0.2, -0.15) is 5.10 Å². The Morgan fingerprint density at radius 3 is 2.74 bits per heavy atom. The van der Waals surface area contributed by atoms with Crippen molar-refractivity contribution in [2.45, 2.75) is 32.7 Å². The molecule has 1 fully saturated rings. The number of amides is 1. The third-order valence-corrected chi connectivity index (χ3v) is 3.57. The van der Waals surface area contributed by atoms with E-state index in [0.29, 0.717) is 0 Å². The lowest BCUT2D eigenvalue weighted by Crippen LogP contribution is -2.34. The minimum atomic E-state index is -0.428. The number of aromatic nitrogens is 2. The summed E-state index contributed by atoms with van der Waals surface area (Å²) in [6.07, 6.45) is 4.11. The summed E-state index contributed by atoms with van der Waals surface area (Å²) in [4.78, 5) is 24.8. The summed E-state index contributed by atoms with van der Waals surface area (Å²) >= 11 is 0. The molecule has 1 aliphatic heterocycles. The molecule has 2 rings (SSSR count). The molecule has 0 aromatic carbocycles. The smallest absolute Gasteiger partial charge is 0.268 e. The van der Waals surface area contributed by atoms with Crippen LogP contribution < -0.4 is 16.2 Å². The standard InChI is InChI=1S/C13H20N4O2/c1-10-2-5-16(6-3-10)11-8-13(19)17(15-9-11)7-4-12(14)18/h8-10H,2-7H2,1H3,(H2,14,18). The number of rotatable bonds is 4. The van der Waals surface area contributed by atoms with Crippen LogP contribution in [0.4, 0.5) is 5.69 Å². The minimum Gasteiger partial charge on any atom is -0.370 e. The molecule has 19 heavy (non-hydrogen) atoms. The third kappa shape index (κ3) is 3.56. The highest BCUT2D eigenvalue weighted by molar-refractivity contribution is 5.73. The van der Waals surface area contributed by atoms with E-state index >= 15 is 0 Å². The molecule has 6 nitrogen and oxygen atoms in total.